The number of hydrogen-bond donors (Lipinski definition) is 2. The second-order valence-corrected chi connectivity index (χ2v) is 5.21. The van der Waals surface area contributed by atoms with Crippen LogP contribution < -0.4 is 5.32 Å². The van der Waals surface area contributed by atoms with Gasteiger partial charge in [0.2, 0.25) is 5.91 Å². The number of carbonyl (C=O) groups excluding carboxylic acids is 1. The minimum absolute atomic E-state index is 0.225. The van der Waals surface area contributed by atoms with Gasteiger partial charge in [-0.1, -0.05) is 13.8 Å². The summed E-state index contributed by atoms with van der Waals surface area (Å²) in [5.74, 6) is -5.60. The molecule has 1 aromatic rings. The first kappa shape index (κ1) is 16.0. The lowest BCUT2D eigenvalue weighted by molar-refractivity contribution is -0.139. The van der Waals surface area contributed by atoms with Crippen LogP contribution in [0.3, 0.4) is 0 Å². The maximum absolute atomic E-state index is 13.3. The van der Waals surface area contributed by atoms with E-state index in [4.69, 9.17) is 5.11 Å². The van der Waals surface area contributed by atoms with Crippen LogP contribution in [-0.4, -0.2) is 17.0 Å². The predicted molar refractivity (Wildman–Crippen MR) is 65.6 cm³/mol. The zero-order valence-electron chi connectivity index (χ0n) is 11.0. The van der Waals surface area contributed by atoms with Crippen LogP contribution in [0.5, 0.6) is 0 Å². The standard InChI is InChI=1S/C13H14F3NO3/c1-13(2,6-11(19)20)5-10(18)17-9-4-7(14)3-8(15)12(9)16/h3-4H,5-6H2,1-2H3,(H,17,18)(H,19,20). The van der Waals surface area contributed by atoms with Crippen LogP contribution in [0.2, 0.25) is 0 Å². The third-order valence-electron chi connectivity index (χ3n) is 2.54. The molecule has 0 aliphatic rings. The molecule has 1 aromatic carbocycles. The van der Waals surface area contributed by atoms with Gasteiger partial charge in [0.05, 0.1) is 12.1 Å². The maximum atomic E-state index is 13.3. The zero-order chi connectivity index (χ0) is 15.5. The van der Waals surface area contributed by atoms with Crippen molar-refractivity contribution in [1.82, 2.24) is 0 Å². The molecule has 2 N–H and O–H groups in total. The Balaban J connectivity index is 2.79. The molecule has 0 spiro atoms. The molecule has 0 bridgehead atoms. The van der Waals surface area contributed by atoms with Crippen LogP contribution in [0.1, 0.15) is 26.7 Å². The van der Waals surface area contributed by atoms with Gasteiger partial charge < -0.3 is 10.4 Å². The molecule has 20 heavy (non-hydrogen) atoms. The molecule has 0 aliphatic heterocycles. The summed E-state index contributed by atoms with van der Waals surface area (Å²) < 4.78 is 39.2. The van der Waals surface area contributed by atoms with Crippen molar-refractivity contribution in [3.8, 4) is 0 Å². The summed E-state index contributed by atoms with van der Waals surface area (Å²) in [6.07, 6.45) is -0.489. The van der Waals surface area contributed by atoms with Crippen molar-refractivity contribution in [2.24, 2.45) is 5.41 Å². The van der Waals surface area contributed by atoms with Crippen LogP contribution in [0.4, 0.5) is 18.9 Å². The van der Waals surface area contributed by atoms with Crippen LogP contribution >= 0.6 is 0 Å². The highest BCUT2D eigenvalue weighted by atomic mass is 19.2. The lowest BCUT2D eigenvalue weighted by Gasteiger charge is -2.21. The molecule has 0 aromatic heterocycles. The number of benzene rings is 1. The van der Waals surface area contributed by atoms with Gasteiger partial charge in [-0.2, -0.15) is 0 Å². The van der Waals surface area contributed by atoms with Gasteiger partial charge in [0.25, 0.3) is 0 Å². The molecule has 7 heteroatoms. The highest BCUT2D eigenvalue weighted by Crippen LogP contribution is 2.26. The Morgan fingerprint density at radius 2 is 1.80 bits per heavy atom. The van der Waals surface area contributed by atoms with Gasteiger partial charge in [0.15, 0.2) is 11.6 Å². The fourth-order valence-electron chi connectivity index (χ4n) is 1.75. The number of carboxylic acid groups (broad SMARTS) is 1. The second kappa shape index (κ2) is 5.94. The van der Waals surface area contributed by atoms with E-state index in [1.807, 2.05) is 5.32 Å². The fourth-order valence-corrected chi connectivity index (χ4v) is 1.75. The van der Waals surface area contributed by atoms with Crippen molar-refractivity contribution in [1.29, 1.82) is 0 Å². The Bertz CT molecular complexity index is 544. The molecule has 0 saturated carbocycles. The molecular weight excluding hydrogens is 275 g/mol. The largest absolute Gasteiger partial charge is 0.481 e. The molecule has 0 radical (unpaired) electrons. The lowest BCUT2D eigenvalue weighted by Crippen LogP contribution is -2.25. The lowest BCUT2D eigenvalue weighted by atomic mass is 9.85. The molecule has 0 atom stereocenters. The molecular formula is C13H14F3NO3. The predicted octanol–water partition coefficient (Wildman–Crippen LogP) is 2.93. The fraction of sp³-hybridized carbons (Fsp3) is 0.385. The minimum atomic E-state index is -1.41. The second-order valence-electron chi connectivity index (χ2n) is 5.21. The molecule has 110 valence electrons. The van der Waals surface area contributed by atoms with Gasteiger partial charge in [-0.15, -0.1) is 0 Å². The van der Waals surface area contributed by atoms with Crippen LogP contribution in [0, 0.1) is 22.9 Å². The van der Waals surface area contributed by atoms with Crippen LogP contribution in [-0.2, 0) is 9.59 Å². The van der Waals surface area contributed by atoms with E-state index >= 15 is 0 Å². The van der Waals surface area contributed by atoms with E-state index < -0.39 is 40.4 Å². The molecule has 0 fully saturated rings. The Hall–Kier alpha value is -2.05. The van der Waals surface area contributed by atoms with E-state index in [0.29, 0.717) is 12.1 Å². The number of anilines is 1. The topological polar surface area (TPSA) is 66.4 Å². The van der Waals surface area contributed by atoms with E-state index in [-0.39, 0.29) is 12.8 Å². The van der Waals surface area contributed by atoms with Crippen molar-refractivity contribution >= 4 is 17.6 Å². The summed E-state index contributed by atoms with van der Waals surface area (Å²) in [6.45, 7) is 3.09. The normalized spacial score (nSPS) is 11.2. The summed E-state index contributed by atoms with van der Waals surface area (Å²) in [4.78, 5) is 22.3. The van der Waals surface area contributed by atoms with Crippen molar-refractivity contribution < 1.29 is 27.9 Å². The number of nitrogens with one attached hydrogen (secondary N) is 1. The summed E-state index contributed by atoms with van der Waals surface area (Å²) in [5.41, 5.74) is -1.48. The zero-order valence-corrected chi connectivity index (χ0v) is 11.0. The Labute approximate surface area is 113 Å². The first-order valence-electron chi connectivity index (χ1n) is 5.77. The molecule has 1 rings (SSSR count). The van der Waals surface area contributed by atoms with E-state index in [0.717, 1.165) is 0 Å². The molecule has 0 unspecified atom stereocenters. The highest BCUT2D eigenvalue weighted by molar-refractivity contribution is 5.91. The van der Waals surface area contributed by atoms with Gasteiger partial charge >= 0.3 is 5.97 Å². The smallest absolute Gasteiger partial charge is 0.303 e. The molecule has 4 nitrogen and oxygen atoms in total. The van der Waals surface area contributed by atoms with Crippen molar-refractivity contribution in [3.05, 3.63) is 29.6 Å². The number of aliphatic carboxylic acids is 1. The van der Waals surface area contributed by atoms with Crippen molar-refractivity contribution in [2.45, 2.75) is 26.7 Å². The third kappa shape index (κ3) is 4.56. The number of amides is 1. The van der Waals surface area contributed by atoms with Gasteiger partial charge in [-0.05, 0) is 5.41 Å². The summed E-state index contributed by atoms with van der Waals surface area (Å²) in [7, 11) is 0. The van der Waals surface area contributed by atoms with E-state index in [9.17, 15) is 22.8 Å². The summed E-state index contributed by atoms with van der Waals surface area (Å²) >= 11 is 0. The molecule has 0 heterocycles. The maximum Gasteiger partial charge on any atom is 0.303 e. The first-order chi connectivity index (χ1) is 9.10. The van der Waals surface area contributed by atoms with Gasteiger partial charge in [-0.25, -0.2) is 13.2 Å². The highest BCUT2D eigenvalue weighted by Gasteiger charge is 2.26. The van der Waals surface area contributed by atoms with Crippen molar-refractivity contribution in [2.75, 3.05) is 5.32 Å². The summed E-state index contributed by atoms with van der Waals surface area (Å²) in [6, 6.07) is 1.01. The van der Waals surface area contributed by atoms with Crippen LogP contribution in [0.15, 0.2) is 12.1 Å². The van der Waals surface area contributed by atoms with Gasteiger partial charge in [-0.3, -0.25) is 9.59 Å². The van der Waals surface area contributed by atoms with Gasteiger partial charge in [0.1, 0.15) is 5.82 Å². The Morgan fingerprint density at radius 1 is 1.20 bits per heavy atom. The number of halogens is 3. The number of hydrogen-bond acceptors (Lipinski definition) is 2. The Morgan fingerprint density at radius 3 is 2.35 bits per heavy atom. The Kier molecular flexibility index (Phi) is 4.75. The monoisotopic (exact) mass is 289 g/mol. The van der Waals surface area contributed by atoms with E-state index in [2.05, 4.69) is 0 Å². The quantitative estimate of drug-likeness (QED) is 0.819. The van der Waals surface area contributed by atoms with Crippen molar-refractivity contribution in [3.63, 3.8) is 0 Å². The number of rotatable bonds is 5. The van der Waals surface area contributed by atoms with E-state index in [1.165, 1.54) is 0 Å². The van der Waals surface area contributed by atoms with Crippen LogP contribution in [0.25, 0.3) is 0 Å². The third-order valence-corrected chi connectivity index (χ3v) is 2.54. The van der Waals surface area contributed by atoms with E-state index in [1.54, 1.807) is 13.8 Å². The number of carboxylic acids is 1. The SMILES string of the molecule is CC(C)(CC(=O)O)CC(=O)Nc1cc(F)cc(F)c1F. The first-order valence-corrected chi connectivity index (χ1v) is 5.77. The summed E-state index contributed by atoms with van der Waals surface area (Å²) in [5, 5.41) is 10.7. The number of carbonyl (C=O) groups is 2. The minimum Gasteiger partial charge on any atom is -0.481 e. The molecule has 0 aliphatic carbocycles. The average Bonchev–Trinajstić information content (AvgIpc) is 2.21. The van der Waals surface area contributed by atoms with Gasteiger partial charge in [0, 0.05) is 18.6 Å². The molecule has 0 saturated heterocycles. The molecule has 1 amide bonds. The average molecular weight is 289 g/mol.